The SMILES string of the molecule is O=C(O)C1CCN(C(=O)N2CCn3cnnc3C2)C1. The second-order valence-corrected chi connectivity index (χ2v) is 4.91. The van der Waals surface area contributed by atoms with Crippen LogP contribution in [0.25, 0.3) is 0 Å². The molecule has 1 saturated heterocycles. The van der Waals surface area contributed by atoms with Gasteiger partial charge in [-0.15, -0.1) is 10.2 Å². The van der Waals surface area contributed by atoms with Gasteiger partial charge in [-0.05, 0) is 6.42 Å². The predicted octanol–water partition coefficient (Wildman–Crippen LogP) is -0.380. The largest absolute Gasteiger partial charge is 0.481 e. The Labute approximate surface area is 109 Å². The van der Waals surface area contributed by atoms with E-state index < -0.39 is 11.9 Å². The second-order valence-electron chi connectivity index (χ2n) is 4.91. The van der Waals surface area contributed by atoms with Crippen molar-refractivity contribution in [3.8, 4) is 0 Å². The van der Waals surface area contributed by atoms with Crippen molar-refractivity contribution in [3.63, 3.8) is 0 Å². The monoisotopic (exact) mass is 265 g/mol. The molecule has 3 heterocycles. The fraction of sp³-hybridized carbons (Fsp3) is 0.636. The number of fused-ring (bicyclic) bond motifs is 1. The summed E-state index contributed by atoms with van der Waals surface area (Å²) in [6.07, 6.45) is 2.19. The summed E-state index contributed by atoms with van der Waals surface area (Å²) in [5, 5.41) is 16.7. The van der Waals surface area contributed by atoms with Crippen LogP contribution in [0.5, 0.6) is 0 Å². The van der Waals surface area contributed by atoms with E-state index in [2.05, 4.69) is 10.2 Å². The Hall–Kier alpha value is -2.12. The van der Waals surface area contributed by atoms with Crippen LogP contribution in [0.4, 0.5) is 4.79 Å². The Morgan fingerprint density at radius 3 is 2.84 bits per heavy atom. The third kappa shape index (κ3) is 2.13. The molecule has 0 spiro atoms. The zero-order valence-electron chi connectivity index (χ0n) is 10.4. The third-order valence-electron chi connectivity index (χ3n) is 3.72. The van der Waals surface area contributed by atoms with Gasteiger partial charge in [0.2, 0.25) is 0 Å². The Morgan fingerprint density at radius 2 is 2.11 bits per heavy atom. The summed E-state index contributed by atoms with van der Waals surface area (Å²) in [5.41, 5.74) is 0. The minimum atomic E-state index is -0.825. The standard InChI is InChI=1S/C11H15N5O3/c17-10(18)8-1-2-14(5-8)11(19)15-3-4-16-7-12-13-9(16)6-15/h7-8H,1-6H2,(H,17,18). The molecule has 2 aliphatic heterocycles. The second kappa shape index (κ2) is 4.52. The van der Waals surface area contributed by atoms with Gasteiger partial charge >= 0.3 is 12.0 Å². The van der Waals surface area contributed by atoms with Crippen molar-refractivity contribution >= 4 is 12.0 Å². The van der Waals surface area contributed by atoms with E-state index in [4.69, 9.17) is 5.11 Å². The van der Waals surface area contributed by atoms with E-state index in [9.17, 15) is 9.59 Å². The zero-order valence-corrected chi connectivity index (χ0v) is 10.4. The van der Waals surface area contributed by atoms with Crippen molar-refractivity contribution in [2.75, 3.05) is 19.6 Å². The number of aromatic nitrogens is 3. The van der Waals surface area contributed by atoms with Crippen LogP contribution in [0.15, 0.2) is 6.33 Å². The fourth-order valence-electron chi connectivity index (χ4n) is 2.57. The molecule has 1 unspecified atom stereocenters. The normalized spacial score (nSPS) is 22.4. The van der Waals surface area contributed by atoms with Gasteiger partial charge in [-0.3, -0.25) is 4.79 Å². The van der Waals surface area contributed by atoms with Gasteiger partial charge in [-0.2, -0.15) is 0 Å². The highest BCUT2D eigenvalue weighted by atomic mass is 16.4. The average molecular weight is 265 g/mol. The van der Waals surface area contributed by atoms with Crippen LogP contribution < -0.4 is 0 Å². The first-order valence-electron chi connectivity index (χ1n) is 6.28. The lowest BCUT2D eigenvalue weighted by Crippen LogP contribution is -2.45. The summed E-state index contributed by atoms with van der Waals surface area (Å²) in [5.74, 6) is -0.486. The molecule has 1 aromatic rings. The number of carboxylic acid groups (broad SMARTS) is 1. The molecule has 1 atom stereocenters. The maximum atomic E-state index is 12.3. The number of carboxylic acids is 1. The average Bonchev–Trinajstić information content (AvgIpc) is 3.06. The minimum absolute atomic E-state index is 0.0991. The molecule has 1 fully saturated rings. The first kappa shape index (κ1) is 11.9. The van der Waals surface area contributed by atoms with Crippen molar-refractivity contribution in [1.29, 1.82) is 0 Å². The third-order valence-corrected chi connectivity index (χ3v) is 3.72. The number of rotatable bonds is 1. The molecule has 2 amide bonds. The maximum Gasteiger partial charge on any atom is 0.320 e. The molecule has 0 aromatic carbocycles. The first-order chi connectivity index (χ1) is 9.15. The zero-order chi connectivity index (χ0) is 13.4. The van der Waals surface area contributed by atoms with Gasteiger partial charge in [0.05, 0.1) is 12.5 Å². The summed E-state index contributed by atoms with van der Waals surface area (Å²) in [7, 11) is 0. The molecule has 0 saturated carbocycles. The molecule has 102 valence electrons. The number of likely N-dealkylation sites (tertiary alicyclic amines) is 1. The van der Waals surface area contributed by atoms with E-state index in [0.717, 1.165) is 5.82 Å². The minimum Gasteiger partial charge on any atom is -0.481 e. The number of amides is 2. The van der Waals surface area contributed by atoms with E-state index in [1.807, 2.05) is 4.57 Å². The van der Waals surface area contributed by atoms with Gasteiger partial charge < -0.3 is 19.5 Å². The highest BCUT2D eigenvalue weighted by Gasteiger charge is 2.34. The number of carbonyl (C=O) groups is 2. The lowest BCUT2D eigenvalue weighted by atomic mass is 10.1. The number of urea groups is 1. The lowest BCUT2D eigenvalue weighted by molar-refractivity contribution is -0.141. The number of carbonyl (C=O) groups excluding carboxylic acids is 1. The molecule has 0 aliphatic carbocycles. The Bertz CT molecular complexity index is 514. The van der Waals surface area contributed by atoms with Gasteiger partial charge in [-0.1, -0.05) is 0 Å². The molecule has 0 bridgehead atoms. The summed E-state index contributed by atoms with van der Waals surface area (Å²) < 4.78 is 1.92. The van der Waals surface area contributed by atoms with Crippen LogP contribution >= 0.6 is 0 Å². The molecule has 3 rings (SSSR count). The molecule has 8 heteroatoms. The molecular formula is C11H15N5O3. The van der Waals surface area contributed by atoms with Crippen LogP contribution in [0.2, 0.25) is 0 Å². The molecule has 1 N–H and O–H groups in total. The summed E-state index contributed by atoms with van der Waals surface area (Å²) in [4.78, 5) is 26.5. The van der Waals surface area contributed by atoms with E-state index in [1.54, 1.807) is 16.1 Å². The van der Waals surface area contributed by atoms with Gasteiger partial charge in [0, 0.05) is 26.2 Å². The Kier molecular flexibility index (Phi) is 2.84. The topological polar surface area (TPSA) is 91.6 Å². The van der Waals surface area contributed by atoms with Crippen molar-refractivity contribution in [2.24, 2.45) is 5.92 Å². The fourth-order valence-corrected chi connectivity index (χ4v) is 2.57. The smallest absolute Gasteiger partial charge is 0.320 e. The number of nitrogens with zero attached hydrogens (tertiary/aromatic N) is 5. The summed E-state index contributed by atoms with van der Waals surface area (Å²) in [6, 6.07) is -0.0991. The molecule has 1 aromatic heterocycles. The quantitative estimate of drug-likeness (QED) is 0.747. The van der Waals surface area contributed by atoms with Crippen molar-refractivity contribution < 1.29 is 14.7 Å². The first-order valence-corrected chi connectivity index (χ1v) is 6.28. The highest BCUT2D eigenvalue weighted by Crippen LogP contribution is 2.19. The van der Waals surface area contributed by atoms with E-state index in [-0.39, 0.29) is 6.03 Å². The molecule has 2 aliphatic rings. The van der Waals surface area contributed by atoms with Crippen LogP contribution in [0.3, 0.4) is 0 Å². The van der Waals surface area contributed by atoms with Gasteiger partial charge in [0.1, 0.15) is 6.33 Å². The van der Waals surface area contributed by atoms with Crippen LogP contribution in [0, 0.1) is 5.92 Å². The number of aliphatic carboxylic acids is 1. The van der Waals surface area contributed by atoms with Crippen molar-refractivity contribution in [2.45, 2.75) is 19.5 Å². The van der Waals surface area contributed by atoms with E-state index in [1.165, 1.54) is 0 Å². The van der Waals surface area contributed by atoms with Gasteiger partial charge in [0.25, 0.3) is 0 Å². The number of hydrogen-bond donors (Lipinski definition) is 1. The van der Waals surface area contributed by atoms with E-state index >= 15 is 0 Å². The van der Waals surface area contributed by atoms with Gasteiger partial charge in [-0.25, -0.2) is 4.79 Å². The summed E-state index contributed by atoms with van der Waals surface area (Å²) in [6.45, 7) is 2.55. The molecule has 19 heavy (non-hydrogen) atoms. The lowest BCUT2D eigenvalue weighted by Gasteiger charge is -2.30. The van der Waals surface area contributed by atoms with Crippen LogP contribution in [0.1, 0.15) is 12.2 Å². The molecule has 0 radical (unpaired) electrons. The Morgan fingerprint density at radius 1 is 1.26 bits per heavy atom. The van der Waals surface area contributed by atoms with Crippen LogP contribution in [-0.4, -0.2) is 61.3 Å². The molecule has 8 nitrogen and oxygen atoms in total. The van der Waals surface area contributed by atoms with Crippen molar-refractivity contribution in [3.05, 3.63) is 12.2 Å². The number of hydrogen-bond acceptors (Lipinski definition) is 4. The van der Waals surface area contributed by atoms with Crippen LogP contribution in [-0.2, 0) is 17.9 Å². The summed E-state index contributed by atoms with van der Waals surface area (Å²) >= 11 is 0. The maximum absolute atomic E-state index is 12.3. The Balaban J connectivity index is 1.65. The van der Waals surface area contributed by atoms with Crippen molar-refractivity contribution in [1.82, 2.24) is 24.6 Å². The van der Waals surface area contributed by atoms with Gasteiger partial charge in [0.15, 0.2) is 5.82 Å². The molecular weight excluding hydrogens is 250 g/mol. The highest BCUT2D eigenvalue weighted by molar-refractivity contribution is 5.77. The predicted molar refractivity (Wildman–Crippen MR) is 63.1 cm³/mol. The van der Waals surface area contributed by atoms with E-state index in [0.29, 0.717) is 39.1 Å².